The molecule has 4 nitrogen and oxygen atoms in total. The van der Waals surface area contributed by atoms with Gasteiger partial charge in [0.1, 0.15) is 0 Å². The number of hydrogen-bond donors (Lipinski definition) is 1. The Bertz CT molecular complexity index is 121. The Kier molecular flexibility index (Phi) is 2.65. The van der Waals surface area contributed by atoms with Gasteiger partial charge >= 0.3 is 0 Å². The van der Waals surface area contributed by atoms with Crippen LogP contribution < -0.4 is 5.73 Å². The van der Waals surface area contributed by atoms with E-state index in [1.54, 1.807) is 0 Å². The third-order valence-corrected chi connectivity index (χ3v) is 1.39. The van der Waals surface area contributed by atoms with Gasteiger partial charge in [-0.3, -0.25) is 9.63 Å². The monoisotopic (exact) mass is 144 g/mol. The highest BCUT2D eigenvalue weighted by Gasteiger charge is 2.17. The van der Waals surface area contributed by atoms with Crippen molar-refractivity contribution in [3.8, 4) is 0 Å². The van der Waals surface area contributed by atoms with Crippen molar-refractivity contribution in [1.82, 2.24) is 5.06 Å². The summed E-state index contributed by atoms with van der Waals surface area (Å²) in [6, 6.07) is 0. The van der Waals surface area contributed by atoms with Gasteiger partial charge in [0, 0.05) is 13.0 Å². The van der Waals surface area contributed by atoms with E-state index in [0.29, 0.717) is 19.6 Å². The summed E-state index contributed by atoms with van der Waals surface area (Å²) in [6.07, 6.45) is 1.33. The number of hydrogen-bond acceptors (Lipinski definition) is 3. The van der Waals surface area contributed by atoms with Gasteiger partial charge in [0.25, 0.3) is 0 Å². The standard InChI is InChI=1S/C6H12N2O2/c7-3-2-6(9)8-4-1-5-10-8/h1-5,7H2. The number of carbonyl (C=O) groups excluding carboxylic acids is 1. The molecule has 0 aromatic carbocycles. The molecule has 1 aliphatic rings. The van der Waals surface area contributed by atoms with E-state index < -0.39 is 0 Å². The van der Waals surface area contributed by atoms with Crippen LogP contribution >= 0.6 is 0 Å². The minimum atomic E-state index is 0.000000000000000444. The fourth-order valence-electron chi connectivity index (χ4n) is 0.892. The summed E-state index contributed by atoms with van der Waals surface area (Å²) in [5.74, 6) is 0.000000000000000444. The average molecular weight is 144 g/mol. The second kappa shape index (κ2) is 3.53. The third kappa shape index (κ3) is 1.68. The Morgan fingerprint density at radius 2 is 2.50 bits per heavy atom. The summed E-state index contributed by atoms with van der Waals surface area (Å²) in [5.41, 5.74) is 5.19. The van der Waals surface area contributed by atoms with Crippen LogP contribution in [0.3, 0.4) is 0 Å². The lowest BCUT2D eigenvalue weighted by molar-refractivity contribution is -0.168. The van der Waals surface area contributed by atoms with Crippen LogP contribution in [-0.4, -0.2) is 30.7 Å². The van der Waals surface area contributed by atoms with Gasteiger partial charge in [-0.15, -0.1) is 0 Å². The first kappa shape index (κ1) is 7.50. The van der Waals surface area contributed by atoms with Gasteiger partial charge in [0.2, 0.25) is 5.91 Å². The molecule has 1 heterocycles. The maximum Gasteiger partial charge on any atom is 0.247 e. The first-order chi connectivity index (χ1) is 4.84. The van der Waals surface area contributed by atoms with E-state index in [1.165, 1.54) is 5.06 Å². The molecule has 0 radical (unpaired) electrons. The van der Waals surface area contributed by atoms with Crippen LogP contribution in [0.5, 0.6) is 0 Å². The molecule has 0 aromatic rings. The van der Waals surface area contributed by atoms with E-state index in [-0.39, 0.29) is 5.91 Å². The highest BCUT2D eigenvalue weighted by molar-refractivity contribution is 5.75. The molecule has 0 aliphatic carbocycles. The van der Waals surface area contributed by atoms with E-state index in [4.69, 9.17) is 10.6 Å². The molecular weight excluding hydrogens is 132 g/mol. The quantitative estimate of drug-likeness (QED) is 0.568. The molecule has 0 unspecified atom stereocenters. The zero-order chi connectivity index (χ0) is 7.40. The molecule has 1 saturated heterocycles. The predicted octanol–water partition coefficient (Wildman–Crippen LogP) is -0.501. The van der Waals surface area contributed by atoms with Gasteiger partial charge in [-0.1, -0.05) is 0 Å². The second-order valence-corrected chi connectivity index (χ2v) is 2.22. The number of carbonyl (C=O) groups is 1. The van der Waals surface area contributed by atoms with Crippen LogP contribution in [0, 0.1) is 0 Å². The summed E-state index contributed by atoms with van der Waals surface area (Å²) >= 11 is 0. The molecule has 0 aromatic heterocycles. The largest absolute Gasteiger partial charge is 0.330 e. The lowest BCUT2D eigenvalue weighted by Gasteiger charge is -2.12. The van der Waals surface area contributed by atoms with Crippen LogP contribution in [0.4, 0.5) is 0 Å². The number of hydroxylamine groups is 2. The Morgan fingerprint density at radius 1 is 1.70 bits per heavy atom. The van der Waals surface area contributed by atoms with E-state index in [2.05, 4.69) is 0 Å². The number of amides is 1. The van der Waals surface area contributed by atoms with Crippen molar-refractivity contribution in [2.75, 3.05) is 19.7 Å². The molecule has 1 amide bonds. The molecule has 0 bridgehead atoms. The summed E-state index contributed by atoms with van der Waals surface area (Å²) in [5, 5.41) is 1.40. The minimum absolute atomic E-state index is 0.000000000000000444. The molecule has 0 saturated carbocycles. The van der Waals surface area contributed by atoms with E-state index in [1.807, 2.05) is 0 Å². The molecule has 1 fully saturated rings. The molecule has 0 spiro atoms. The average Bonchev–Trinajstić information content (AvgIpc) is 2.38. The lowest BCUT2D eigenvalue weighted by atomic mass is 10.4. The van der Waals surface area contributed by atoms with Crippen LogP contribution in [0.15, 0.2) is 0 Å². The number of nitrogens with two attached hydrogens (primary N) is 1. The minimum Gasteiger partial charge on any atom is -0.330 e. The highest BCUT2D eigenvalue weighted by Crippen LogP contribution is 2.04. The van der Waals surface area contributed by atoms with Crippen LogP contribution in [0.25, 0.3) is 0 Å². The van der Waals surface area contributed by atoms with Crippen molar-refractivity contribution in [3.63, 3.8) is 0 Å². The van der Waals surface area contributed by atoms with Crippen molar-refractivity contribution >= 4 is 5.91 Å². The normalized spacial score (nSPS) is 17.9. The van der Waals surface area contributed by atoms with E-state index in [0.717, 1.165) is 13.0 Å². The van der Waals surface area contributed by atoms with Crippen molar-refractivity contribution < 1.29 is 9.63 Å². The summed E-state index contributed by atoms with van der Waals surface area (Å²) in [4.78, 5) is 16.0. The molecular formula is C6H12N2O2. The molecule has 1 aliphatic heterocycles. The van der Waals surface area contributed by atoms with Crippen molar-refractivity contribution in [1.29, 1.82) is 0 Å². The van der Waals surface area contributed by atoms with Gasteiger partial charge in [-0.2, -0.15) is 0 Å². The van der Waals surface area contributed by atoms with Crippen LogP contribution in [0.2, 0.25) is 0 Å². The lowest BCUT2D eigenvalue weighted by Crippen LogP contribution is -2.28. The molecule has 1 rings (SSSR count). The zero-order valence-corrected chi connectivity index (χ0v) is 5.88. The highest BCUT2D eigenvalue weighted by atomic mass is 16.7. The molecule has 10 heavy (non-hydrogen) atoms. The van der Waals surface area contributed by atoms with E-state index in [9.17, 15) is 4.79 Å². The SMILES string of the molecule is NCCC(=O)N1CCCO1. The molecule has 0 atom stereocenters. The molecule has 58 valence electrons. The number of nitrogens with zero attached hydrogens (tertiary/aromatic N) is 1. The van der Waals surface area contributed by atoms with Gasteiger partial charge in [0.15, 0.2) is 0 Å². The Morgan fingerprint density at radius 3 is 3.00 bits per heavy atom. The maximum atomic E-state index is 11.0. The van der Waals surface area contributed by atoms with Gasteiger partial charge in [0.05, 0.1) is 13.2 Å². The summed E-state index contributed by atoms with van der Waals surface area (Å²) in [7, 11) is 0. The van der Waals surface area contributed by atoms with Crippen LogP contribution in [-0.2, 0) is 9.63 Å². The fraction of sp³-hybridized carbons (Fsp3) is 0.833. The van der Waals surface area contributed by atoms with Crippen LogP contribution in [0.1, 0.15) is 12.8 Å². The fourth-order valence-corrected chi connectivity index (χ4v) is 0.892. The van der Waals surface area contributed by atoms with Crippen molar-refractivity contribution in [2.45, 2.75) is 12.8 Å². The Labute approximate surface area is 59.9 Å². The second-order valence-electron chi connectivity index (χ2n) is 2.22. The van der Waals surface area contributed by atoms with Gasteiger partial charge in [-0.05, 0) is 6.42 Å². The third-order valence-electron chi connectivity index (χ3n) is 1.39. The molecule has 2 N–H and O–H groups in total. The van der Waals surface area contributed by atoms with Gasteiger partial charge in [-0.25, -0.2) is 5.06 Å². The van der Waals surface area contributed by atoms with Crippen molar-refractivity contribution in [3.05, 3.63) is 0 Å². The first-order valence-electron chi connectivity index (χ1n) is 3.48. The first-order valence-corrected chi connectivity index (χ1v) is 3.48. The number of rotatable bonds is 2. The Balaban J connectivity index is 2.25. The van der Waals surface area contributed by atoms with Gasteiger partial charge < -0.3 is 5.73 Å². The van der Waals surface area contributed by atoms with Crippen molar-refractivity contribution in [2.24, 2.45) is 5.73 Å². The zero-order valence-electron chi connectivity index (χ0n) is 5.88. The summed E-state index contributed by atoms with van der Waals surface area (Å²) < 4.78 is 0. The molecule has 4 heteroatoms. The topological polar surface area (TPSA) is 55.6 Å². The Hall–Kier alpha value is -0.610. The van der Waals surface area contributed by atoms with E-state index >= 15 is 0 Å². The summed E-state index contributed by atoms with van der Waals surface area (Å²) in [6.45, 7) is 1.79. The predicted molar refractivity (Wildman–Crippen MR) is 36.0 cm³/mol. The maximum absolute atomic E-state index is 11.0. The smallest absolute Gasteiger partial charge is 0.247 e.